The van der Waals surface area contributed by atoms with Crippen molar-refractivity contribution >= 4 is 23.1 Å². The van der Waals surface area contributed by atoms with Crippen molar-refractivity contribution < 1.29 is 0 Å². The zero-order valence-electron chi connectivity index (χ0n) is 11.2. The van der Waals surface area contributed by atoms with E-state index < -0.39 is 0 Å². The van der Waals surface area contributed by atoms with Gasteiger partial charge in [0.25, 0.3) is 0 Å². The summed E-state index contributed by atoms with van der Waals surface area (Å²) in [5.74, 6) is 0. The van der Waals surface area contributed by atoms with E-state index in [1.165, 1.54) is 11.5 Å². The lowest BCUT2D eigenvalue weighted by Crippen LogP contribution is -2.14. The Labute approximate surface area is 123 Å². The van der Waals surface area contributed by atoms with Crippen molar-refractivity contribution in [1.82, 2.24) is 9.59 Å². The van der Waals surface area contributed by atoms with Crippen LogP contribution in [0.15, 0.2) is 18.2 Å². The Bertz CT molecular complexity index is 553. The molecule has 102 valence electrons. The van der Waals surface area contributed by atoms with Crippen molar-refractivity contribution in [3.63, 3.8) is 0 Å². The Kier molecular flexibility index (Phi) is 4.91. The van der Waals surface area contributed by atoms with Crippen LogP contribution in [0.2, 0.25) is 5.02 Å². The second-order valence-electron chi connectivity index (χ2n) is 4.74. The molecule has 19 heavy (non-hydrogen) atoms. The maximum atomic E-state index is 6.28. The highest BCUT2D eigenvalue weighted by atomic mass is 35.5. The molecule has 0 aliphatic heterocycles. The second-order valence-corrected chi connectivity index (χ2v) is 5.93. The molecule has 0 fully saturated rings. The van der Waals surface area contributed by atoms with Gasteiger partial charge in [-0.2, -0.15) is 0 Å². The van der Waals surface area contributed by atoms with Crippen LogP contribution in [-0.2, 0) is 12.8 Å². The highest BCUT2D eigenvalue weighted by Gasteiger charge is 2.16. The van der Waals surface area contributed by atoms with Crippen molar-refractivity contribution in [3.8, 4) is 0 Å². The normalized spacial score (nSPS) is 12.6. The van der Waals surface area contributed by atoms with Crippen LogP contribution in [0.3, 0.4) is 0 Å². The highest BCUT2D eigenvalue weighted by Crippen LogP contribution is 2.26. The van der Waals surface area contributed by atoms with Gasteiger partial charge in [0.15, 0.2) is 0 Å². The lowest BCUT2D eigenvalue weighted by Gasteiger charge is -2.12. The third-order valence-corrected chi connectivity index (χ3v) is 4.31. The molecule has 1 atom stereocenters. The van der Waals surface area contributed by atoms with Gasteiger partial charge >= 0.3 is 0 Å². The molecule has 2 rings (SSSR count). The molecule has 1 aromatic carbocycles. The summed E-state index contributed by atoms with van der Waals surface area (Å²) in [7, 11) is 0. The molecule has 0 aliphatic carbocycles. The zero-order valence-corrected chi connectivity index (χ0v) is 12.8. The van der Waals surface area contributed by atoms with Crippen molar-refractivity contribution in [1.29, 1.82) is 0 Å². The summed E-state index contributed by atoms with van der Waals surface area (Å²) in [6.45, 7) is 4.16. The predicted octanol–water partition coefficient (Wildman–Crippen LogP) is 3.69. The number of hydrogen-bond donors (Lipinski definition) is 1. The first-order valence-corrected chi connectivity index (χ1v) is 7.58. The van der Waals surface area contributed by atoms with Crippen LogP contribution in [0.1, 0.15) is 41.1 Å². The number of aryl methyl sites for hydroxylation is 2. The average molecular weight is 296 g/mol. The Morgan fingerprint density at radius 1 is 1.42 bits per heavy atom. The number of aromatic nitrogens is 2. The molecule has 0 aliphatic rings. The van der Waals surface area contributed by atoms with Crippen LogP contribution >= 0.6 is 23.1 Å². The first-order valence-electron chi connectivity index (χ1n) is 6.43. The monoisotopic (exact) mass is 295 g/mol. The summed E-state index contributed by atoms with van der Waals surface area (Å²) < 4.78 is 4.02. The lowest BCUT2D eigenvalue weighted by molar-refractivity contribution is 0.715. The molecule has 2 aromatic rings. The van der Waals surface area contributed by atoms with E-state index in [4.69, 9.17) is 17.3 Å². The van der Waals surface area contributed by atoms with Crippen LogP contribution in [0.25, 0.3) is 0 Å². The van der Waals surface area contributed by atoms with Gasteiger partial charge in [0.1, 0.15) is 0 Å². The van der Waals surface area contributed by atoms with Crippen molar-refractivity contribution in [2.24, 2.45) is 5.73 Å². The van der Waals surface area contributed by atoms with Gasteiger partial charge in [-0.15, -0.1) is 5.10 Å². The largest absolute Gasteiger partial charge is 0.323 e. The zero-order chi connectivity index (χ0) is 13.8. The Balaban J connectivity index is 2.16. The molecule has 1 aromatic heterocycles. The fraction of sp³-hybridized carbons (Fsp3) is 0.429. The molecule has 1 heterocycles. The van der Waals surface area contributed by atoms with E-state index in [-0.39, 0.29) is 6.04 Å². The minimum atomic E-state index is -0.0817. The summed E-state index contributed by atoms with van der Waals surface area (Å²) in [5.41, 5.74) is 9.55. The number of nitrogens with two attached hydrogens (primary N) is 1. The van der Waals surface area contributed by atoms with Crippen LogP contribution in [-0.4, -0.2) is 9.59 Å². The van der Waals surface area contributed by atoms with Gasteiger partial charge in [-0.1, -0.05) is 41.6 Å². The van der Waals surface area contributed by atoms with E-state index in [0.717, 1.165) is 46.0 Å². The highest BCUT2D eigenvalue weighted by molar-refractivity contribution is 7.05. The van der Waals surface area contributed by atoms with E-state index in [1.54, 1.807) is 0 Å². The summed E-state index contributed by atoms with van der Waals surface area (Å²) in [4.78, 5) is 1.08. The van der Waals surface area contributed by atoms with E-state index in [2.05, 4.69) is 22.6 Å². The summed E-state index contributed by atoms with van der Waals surface area (Å²) >= 11 is 7.65. The minimum absolute atomic E-state index is 0.0817. The molecule has 0 saturated heterocycles. The molecule has 2 N–H and O–H groups in total. The molecule has 5 heteroatoms. The van der Waals surface area contributed by atoms with Gasteiger partial charge in [0.2, 0.25) is 0 Å². The fourth-order valence-corrected chi connectivity index (χ4v) is 3.06. The van der Waals surface area contributed by atoms with Crippen LogP contribution in [0.5, 0.6) is 0 Å². The Morgan fingerprint density at radius 3 is 2.89 bits per heavy atom. The number of nitrogens with zero attached hydrogens (tertiary/aromatic N) is 2. The third kappa shape index (κ3) is 3.53. The Hall–Kier alpha value is -0.970. The number of benzene rings is 1. The first-order chi connectivity index (χ1) is 9.11. The maximum absolute atomic E-state index is 6.28. The van der Waals surface area contributed by atoms with Crippen molar-refractivity contribution in [2.75, 3.05) is 0 Å². The molecule has 0 radical (unpaired) electrons. The first kappa shape index (κ1) is 14.4. The molecule has 0 amide bonds. The number of rotatable bonds is 5. The van der Waals surface area contributed by atoms with Crippen molar-refractivity contribution in [2.45, 2.75) is 39.2 Å². The van der Waals surface area contributed by atoms with Gasteiger partial charge in [-0.3, -0.25) is 0 Å². The molecule has 0 spiro atoms. The minimum Gasteiger partial charge on any atom is -0.323 e. The molecular weight excluding hydrogens is 278 g/mol. The standard InChI is InChI=1S/C14H18ClN3S/c1-3-4-13-14(19-18-17-13)12(16)8-10-6-5-9(2)7-11(10)15/h5-7,12H,3-4,8,16H2,1-2H3. The topological polar surface area (TPSA) is 51.8 Å². The average Bonchev–Trinajstić information content (AvgIpc) is 2.81. The van der Waals surface area contributed by atoms with Crippen LogP contribution in [0, 0.1) is 6.92 Å². The van der Waals surface area contributed by atoms with Gasteiger partial charge in [0, 0.05) is 11.1 Å². The van der Waals surface area contributed by atoms with E-state index in [1.807, 2.05) is 19.1 Å². The summed E-state index contributed by atoms with van der Waals surface area (Å²) in [5, 5.41) is 4.94. The molecule has 1 unspecified atom stereocenters. The SMILES string of the molecule is CCCc1nnsc1C(N)Cc1ccc(C)cc1Cl. The second kappa shape index (κ2) is 6.46. The van der Waals surface area contributed by atoms with E-state index in [0.29, 0.717) is 0 Å². The third-order valence-electron chi connectivity index (χ3n) is 3.06. The lowest BCUT2D eigenvalue weighted by atomic mass is 10.0. The van der Waals surface area contributed by atoms with Gasteiger partial charge in [0.05, 0.1) is 10.6 Å². The van der Waals surface area contributed by atoms with Crippen LogP contribution in [0.4, 0.5) is 0 Å². The molecule has 3 nitrogen and oxygen atoms in total. The van der Waals surface area contributed by atoms with Crippen molar-refractivity contribution in [3.05, 3.63) is 44.9 Å². The predicted molar refractivity (Wildman–Crippen MR) is 80.7 cm³/mol. The van der Waals surface area contributed by atoms with Gasteiger partial charge < -0.3 is 5.73 Å². The molecule has 0 saturated carbocycles. The fourth-order valence-electron chi connectivity index (χ4n) is 2.05. The van der Waals surface area contributed by atoms with E-state index in [9.17, 15) is 0 Å². The number of halogens is 1. The quantitative estimate of drug-likeness (QED) is 0.915. The van der Waals surface area contributed by atoms with Gasteiger partial charge in [-0.05, 0) is 48.5 Å². The smallest absolute Gasteiger partial charge is 0.0803 e. The number of hydrogen-bond acceptors (Lipinski definition) is 4. The van der Waals surface area contributed by atoms with Gasteiger partial charge in [-0.25, -0.2) is 0 Å². The summed E-state index contributed by atoms with van der Waals surface area (Å²) in [6, 6.07) is 6.00. The Morgan fingerprint density at radius 2 is 2.21 bits per heavy atom. The molecule has 0 bridgehead atoms. The summed E-state index contributed by atoms with van der Waals surface area (Å²) in [6.07, 6.45) is 2.71. The maximum Gasteiger partial charge on any atom is 0.0803 e. The van der Waals surface area contributed by atoms with Crippen LogP contribution < -0.4 is 5.73 Å². The van der Waals surface area contributed by atoms with E-state index >= 15 is 0 Å². The molecular formula is C14H18ClN3S.